The predicted octanol–water partition coefficient (Wildman–Crippen LogP) is 4.51. The van der Waals surface area contributed by atoms with E-state index in [1.54, 1.807) is 23.1 Å². The predicted molar refractivity (Wildman–Crippen MR) is 159 cm³/mol. The topological polar surface area (TPSA) is 91.0 Å². The van der Waals surface area contributed by atoms with Crippen LogP contribution >= 0.6 is 23.2 Å². The van der Waals surface area contributed by atoms with Gasteiger partial charge in [0, 0.05) is 34.9 Å². The summed E-state index contributed by atoms with van der Waals surface area (Å²) in [7, 11) is 0. The van der Waals surface area contributed by atoms with Crippen molar-refractivity contribution in [3.05, 3.63) is 40.4 Å². The second kappa shape index (κ2) is 11.5. The second-order valence-corrected chi connectivity index (χ2v) is 13.5. The Kier molecular flexibility index (Phi) is 8.13. The lowest BCUT2D eigenvalue weighted by atomic mass is 9.73. The summed E-state index contributed by atoms with van der Waals surface area (Å²) in [6.45, 7) is 7.55. The largest absolute Gasteiger partial charge is 0.359 e. The number of likely N-dealkylation sites (tertiary alicyclic amines) is 2. The van der Waals surface area contributed by atoms with Crippen LogP contribution in [0, 0.1) is 23.7 Å². The minimum absolute atomic E-state index is 0.0509. The van der Waals surface area contributed by atoms with Crippen LogP contribution in [-0.2, 0) is 19.1 Å². The first-order valence-electron chi connectivity index (χ1n) is 15.2. The number of carbonyl (C=O) groups excluding carboxylic acids is 3. The fourth-order valence-electron chi connectivity index (χ4n) is 7.84. The van der Waals surface area contributed by atoms with Crippen LogP contribution in [0.15, 0.2) is 30.4 Å². The molecule has 3 saturated heterocycles. The third-order valence-corrected chi connectivity index (χ3v) is 10.6. The summed E-state index contributed by atoms with van der Waals surface area (Å²) in [6.07, 6.45) is 9.79. The summed E-state index contributed by atoms with van der Waals surface area (Å²) in [5.41, 5.74) is -0.721. The van der Waals surface area contributed by atoms with Crippen LogP contribution in [0.4, 0.5) is 5.69 Å². The van der Waals surface area contributed by atoms with Crippen LogP contribution in [0.3, 0.4) is 0 Å². The molecule has 4 fully saturated rings. The molecule has 6 rings (SSSR count). The highest BCUT2D eigenvalue weighted by Crippen LogP contribution is 2.55. The van der Waals surface area contributed by atoms with Gasteiger partial charge in [0.15, 0.2) is 0 Å². The number of hydrogen-bond donors (Lipinski definition) is 2. The lowest BCUT2D eigenvalue weighted by Gasteiger charge is -2.38. The molecule has 1 aromatic rings. The molecule has 3 amide bonds. The number of amides is 3. The normalized spacial score (nSPS) is 36.4. The van der Waals surface area contributed by atoms with Gasteiger partial charge >= 0.3 is 0 Å². The summed E-state index contributed by atoms with van der Waals surface area (Å²) in [5.74, 6) is -1.40. The smallest absolute Gasteiger partial charge is 0.246 e. The SMILES string of the molecule is C[C@@H]1[C@H](C)CCC[C@@H]1NC(=O)[C@@H]1N(CCN2CCCCC2)C(=O)[C@@H]2[C@@H](C(=O)Nc3cc(Cl)cc(Cl)c3)[C@@H]3C=C[C@]21O3. The van der Waals surface area contributed by atoms with Crippen molar-refractivity contribution in [3.8, 4) is 0 Å². The lowest BCUT2D eigenvalue weighted by Crippen LogP contribution is -2.58. The van der Waals surface area contributed by atoms with Crippen molar-refractivity contribution in [2.45, 2.75) is 76.2 Å². The Morgan fingerprint density at radius 1 is 1.00 bits per heavy atom. The molecule has 4 heterocycles. The summed E-state index contributed by atoms with van der Waals surface area (Å²) >= 11 is 12.3. The molecular formula is C31H40Cl2N4O4. The van der Waals surface area contributed by atoms with Crippen LogP contribution in [0.5, 0.6) is 0 Å². The summed E-state index contributed by atoms with van der Waals surface area (Å²) < 4.78 is 6.51. The quantitative estimate of drug-likeness (QED) is 0.448. The van der Waals surface area contributed by atoms with E-state index in [1.165, 1.54) is 6.42 Å². The number of piperidine rings is 1. The van der Waals surface area contributed by atoms with Crippen LogP contribution in [-0.4, -0.2) is 77.5 Å². The molecule has 4 aliphatic heterocycles. The summed E-state index contributed by atoms with van der Waals surface area (Å²) in [5, 5.41) is 7.02. The fourth-order valence-corrected chi connectivity index (χ4v) is 8.36. The van der Waals surface area contributed by atoms with E-state index in [4.69, 9.17) is 27.9 Å². The van der Waals surface area contributed by atoms with Crippen molar-refractivity contribution in [2.24, 2.45) is 23.7 Å². The van der Waals surface area contributed by atoms with E-state index in [0.29, 0.717) is 40.7 Å². The van der Waals surface area contributed by atoms with E-state index in [-0.39, 0.29) is 23.8 Å². The Balaban J connectivity index is 1.28. The van der Waals surface area contributed by atoms with E-state index in [1.807, 2.05) is 12.2 Å². The zero-order valence-corrected chi connectivity index (χ0v) is 25.3. The van der Waals surface area contributed by atoms with Crippen molar-refractivity contribution in [3.63, 3.8) is 0 Å². The van der Waals surface area contributed by atoms with Gasteiger partial charge in [-0.15, -0.1) is 0 Å². The van der Waals surface area contributed by atoms with Gasteiger partial charge in [0.2, 0.25) is 17.7 Å². The molecule has 1 spiro atoms. The minimum atomic E-state index is -1.18. The maximum absolute atomic E-state index is 14.2. The molecule has 8 atom stereocenters. The van der Waals surface area contributed by atoms with Crippen molar-refractivity contribution < 1.29 is 19.1 Å². The van der Waals surface area contributed by atoms with E-state index in [2.05, 4.69) is 29.4 Å². The van der Waals surface area contributed by atoms with E-state index >= 15 is 0 Å². The number of ether oxygens (including phenoxy) is 1. The summed E-state index contributed by atoms with van der Waals surface area (Å²) in [4.78, 5) is 46.2. The maximum atomic E-state index is 14.2. The van der Waals surface area contributed by atoms with Gasteiger partial charge in [-0.2, -0.15) is 0 Å². The van der Waals surface area contributed by atoms with Crippen molar-refractivity contribution in [1.82, 2.24) is 15.1 Å². The highest BCUT2D eigenvalue weighted by atomic mass is 35.5. The molecule has 1 aliphatic carbocycles. The number of halogens is 2. The van der Waals surface area contributed by atoms with Crippen LogP contribution in [0.1, 0.15) is 52.4 Å². The first kappa shape index (κ1) is 29.0. The van der Waals surface area contributed by atoms with E-state index < -0.39 is 29.6 Å². The third-order valence-electron chi connectivity index (χ3n) is 10.2. The van der Waals surface area contributed by atoms with Gasteiger partial charge in [0.25, 0.3) is 0 Å². The Bertz CT molecular complexity index is 1220. The molecule has 0 unspecified atom stereocenters. The van der Waals surface area contributed by atoms with Crippen LogP contribution in [0.25, 0.3) is 0 Å². The number of anilines is 1. The van der Waals surface area contributed by atoms with Gasteiger partial charge in [0.05, 0.1) is 17.9 Å². The molecule has 2 bridgehead atoms. The number of nitrogens with one attached hydrogen (secondary N) is 2. The Morgan fingerprint density at radius 3 is 2.46 bits per heavy atom. The molecule has 222 valence electrons. The molecule has 1 aromatic carbocycles. The number of nitrogens with zero attached hydrogens (tertiary/aromatic N) is 2. The molecule has 1 saturated carbocycles. The molecule has 41 heavy (non-hydrogen) atoms. The van der Waals surface area contributed by atoms with Gasteiger partial charge in [-0.1, -0.05) is 68.5 Å². The van der Waals surface area contributed by atoms with Gasteiger partial charge in [-0.05, 0) is 62.4 Å². The first-order chi connectivity index (χ1) is 19.7. The zero-order chi connectivity index (χ0) is 28.9. The molecule has 10 heteroatoms. The number of carbonyl (C=O) groups is 3. The van der Waals surface area contributed by atoms with Gasteiger partial charge in [-0.25, -0.2) is 0 Å². The highest BCUT2D eigenvalue weighted by Gasteiger charge is 2.72. The van der Waals surface area contributed by atoms with Crippen molar-refractivity contribution in [2.75, 3.05) is 31.5 Å². The summed E-state index contributed by atoms with van der Waals surface area (Å²) in [6, 6.07) is 4.06. The molecular weight excluding hydrogens is 563 g/mol. The van der Waals surface area contributed by atoms with Gasteiger partial charge in [0.1, 0.15) is 11.6 Å². The lowest BCUT2D eigenvalue weighted by molar-refractivity contribution is -0.142. The highest BCUT2D eigenvalue weighted by molar-refractivity contribution is 6.35. The van der Waals surface area contributed by atoms with Crippen LogP contribution < -0.4 is 10.6 Å². The number of hydrogen-bond acceptors (Lipinski definition) is 5. The number of rotatable bonds is 7. The minimum Gasteiger partial charge on any atom is -0.359 e. The monoisotopic (exact) mass is 602 g/mol. The van der Waals surface area contributed by atoms with Crippen LogP contribution in [0.2, 0.25) is 10.0 Å². The molecule has 0 aromatic heterocycles. The standard InChI is InChI=1S/C31H40Cl2N4O4/c1-18-7-6-8-23(19(18)2)35-29(39)27-31-10-9-24(41-31)25(28(38)34-22-16-20(32)15-21(33)17-22)26(31)30(40)37(27)14-13-36-11-4-3-5-12-36/h9-10,15-19,23-27H,3-8,11-14H2,1-2H3,(H,34,38)(H,35,39)/t18-,19-,23+,24+,25+,26+,27+,31+/m1/s1. The van der Waals surface area contributed by atoms with Gasteiger partial charge in [-0.3, -0.25) is 14.4 Å². The molecule has 5 aliphatic rings. The Labute approximate surface area is 252 Å². The Hall–Kier alpha value is -2.13. The average molecular weight is 604 g/mol. The second-order valence-electron chi connectivity index (χ2n) is 12.7. The Morgan fingerprint density at radius 2 is 1.73 bits per heavy atom. The van der Waals surface area contributed by atoms with Gasteiger partial charge < -0.3 is 25.2 Å². The number of benzene rings is 1. The zero-order valence-electron chi connectivity index (χ0n) is 23.8. The molecule has 2 N–H and O–H groups in total. The molecule has 8 nitrogen and oxygen atoms in total. The van der Waals surface area contributed by atoms with E-state index in [0.717, 1.165) is 45.2 Å². The van der Waals surface area contributed by atoms with Crippen molar-refractivity contribution >= 4 is 46.6 Å². The maximum Gasteiger partial charge on any atom is 0.246 e. The van der Waals surface area contributed by atoms with Crippen molar-refractivity contribution in [1.29, 1.82) is 0 Å². The first-order valence-corrected chi connectivity index (χ1v) is 15.9. The average Bonchev–Trinajstić information content (AvgIpc) is 3.57. The number of fused-ring (bicyclic) bond motifs is 1. The fraction of sp³-hybridized carbons (Fsp3) is 0.645. The van der Waals surface area contributed by atoms with E-state index in [9.17, 15) is 14.4 Å². The third kappa shape index (κ3) is 5.30. The molecule has 0 radical (unpaired) electrons.